The lowest BCUT2D eigenvalue weighted by atomic mass is 10.2. The minimum absolute atomic E-state index is 0.0969. The molecule has 0 atom stereocenters. The summed E-state index contributed by atoms with van der Waals surface area (Å²) in [6, 6.07) is 0.456. The molecule has 1 rings (SSSR count). The molecule has 102 valence electrons. The molecule has 0 radical (unpaired) electrons. The van der Waals surface area contributed by atoms with Crippen LogP contribution in [0.5, 0.6) is 12.0 Å². The molecule has 0 aliphatic heterocycles. The molecular formula is C12H20ClN3O2. The average molecular weight is 274 g/mol. The SMILES string of the molecule is CCCCCCOc1nc(Cl)nc(OCCC)n1. The highest BCUT2D eigenvalue weighted by atomic mass is 35.5. The minimum atomic E-state index is 0.0969. The van der Waals surface area contributed by atoms with Crippen molar-refractivity contribution in [2.24, 2.45) is 0 Å². The number of unbranched alkanes of at least 4 members (excludes halogenated alkanes) is 3. The summed E-state index contributed by atoms with van der Waals surface area (Å²) in [6.07, 6.45) is 5.44. The van der Waals surface area contributed by atoms with Crippen LogP contribution in [0.25, 0.3) is 0 Å². The lowest BCUT2D eigenvalue weighted by molar-refractivity contribution is 0.256. The third-order valence-corrected chi connectivity index (χ3v) is 2.40. The number of aromatic nitrogens is 3. The number of hydrogen-bond acceptors (Lipinski definition) is 5. The lowest BCUT2D eigenvalue weighted by Crippen LogP contribution is -2.06. The normalized spacial score (nSPS) is 10.4. The highest BCUT2D eigenvalue weighted by Crippen LogP contribution is 2.13. The molecule has 1 heterocycles. The first-order valence-corrected chi connectivity index (χ1v) is 6.81. The molecule has 18 heavy (non-hydrogen) atoms. The summed E-state index contributed by atoms with van der Waals surface area (Å²) in [7, 11) is 0. The maximum Gasteiger partial charge on any atom is 0.323 e. The van der Waals surface area contributed by atoms with Crippen molar-refractivity contribution in [1.29, 1.82) is 0 Å². The van der Waals surface area contributed by atoms with Crippen molar-refractivity contribution in [2.45, 2.75) is 46.0 Å². The fourth-order valence-corrected chi connectivity index (χ4v) is 1.47. The Hall–Kier alpha value is -1.10. The van der Waals surface area contributed by atoms with Gasteiger partial charge in [-0.05, 0) is 24.4 Å². The monoisotopic (exact) mass is 273 g/mol. The molecule has 5 nitrogen and oxygen atoms in total. The van der Waals surface area contributed by atoms with E-state index in [1.54, 1.807) is 0 Å². The van der Waals surface area contributed by atoms with Crippen molar-refractivity contribution in [1.82, 2.24) is 15.0 Å². The van der Waals surface area contributed by atoms with E-state index in [9.17, 15) is 0 Å². The van der Waals surface area contributed by atoms with Gasteiger partial charge in [0.25, 0.3) is 0 Å². The van der Waals surface area contributed by atoms with Crippen LogP contribution in [0.3, 0.4) is 0 Å². The van der Waals surface area contributed by atoms with Gasteiger partial charge in [0.05, 0.1) is 13.2 Å². The van der Waals surface area contributed by atoms with E-state index >= 15 is 0 Å². The van der Waals surface area contributed by atoms with Gasteiger partial charge in [0, 0.05) is 0 Å². The van der Waals surface area contributed by atoms with Gasteiger partial charge in [0.1, 0.15) is 0 Å². The summed E-state index contributed by atoms with van der Waals surface area (Å²) in [5, 5.41) is 0.0969. The molecule has 0 saturated carbocycles. The Morgan fingerprint density at radius 1 is 0.833 bits per heavy atom. The van der Waals surface area contributed by atoms with Crippen molar-refractivity contribution in [3.8, 4) is 12.0 Å². The van der Waals surface area contributed by atoms with Gasteiger partial charge in [-0.1, -0.05) is 33.1 Å². The summed E-state index contributed by atoms with van der Waals surface area (Å²) in [5.41, 5.74) is 0. The smallest absolute Gasteiger partial charge is 0.323 e. The second kappa shape index (κ2) is 8.91. The standard InChI is InChI=1S/C12H20ClN3O2/c1-3-5-6-7-9-18-12-15-10(13)14-11(16-12)17-8-4-2/h3-9H2,1-2H3. The largest absolute Gasteiger partial charge is 0.463 e. The lowest BCUT2D eigenvalue weighted by Gasteiger charge is -2.06. The Morgan fingerprint density at radius 3 is 2.11 bits per heavy atom. The van der Waals surface area contributed by atoms with Gasteiger partial charge in [-0.3, -0.25) is 0 Å². The molecule has 0 aliphatic carbocycles. The van der Waals surface area contributed by atoms with E-state index in [2.05, 4.69) is 21.9 Å². The summed E-state index contributed by atoms with van der Waals surface area (Å²) in [5.74, 6) is 0. The summed E-state index contributed by atoms with van der Waals surface area (Å²) in [6.45, 7) is 5.32. The maximum absolute atomic E-state index is 5.77. The molecule has 0 fully saturated rings. The highest BCUT2D eigenvalue weighted by molar-refractivity contribution is 6.28. The van der Waals surface area contributed by atoms with Crippen LogP contribution in [-0.4, -0.2) is 28.2 Å². The van der Waals surface area contributed by atoms with Crippen LogP contribution >= 0.6 is 11.6 Å². The molecule has 0 bridgehead atoms. The summed E-state index contributed by atoms with van der Waals surface area (Å²) >= 11 is 5.77. The summed E-state index contributed by atoms with van der Waals surface area (Å²) in [4.78, 5) is 11.8. The van der Waals surface area contributed by atoms with Crippen molar-refractivity contribution in [3.63, 3.8) is 0 Å². The Labute approximate surface area is 113 Å². The molecule has 1 aromatic heterocycles. The molecule has 1 aromatic rings. The molecule has 0 N–H and O–H groups in total. The molecule has 0 amide bonds. The molecular weight excluding hydrogens is 254 g/mol. The zero-order valence-electron chi connectivity index (χ0n) is 11.0. The maximum atomic E-state index is 5.77. The van der Waals surface area contributed by atoms with Gasteiger partial charge < -0.3 is 9.47 Å². The van der Waals surface area contributed by atoms with Crippen LogP contribution in [0.4, 0.5) is 0 Å². The fraction of sp³-hybridized carbons (Fsp3) is 0.750. The van der Waals surface area contributed by atoms with Gasteiger partial charge in [0.15, 0.2) is 0 Å². The number of hydrogen-bond donors (Lipinski definition) is 0. The second-order valence-corrected chi connectivity index (χ2v) is 4.27. The van der Waals surface area contributed by atoms with Crippen molar-refractivity contribution in [3.05, 3.63) is 5.28 Å². The van der Waals surface area contributed by atoms with Crippen LogP contribution in [-0.2, 0) is 0 Å². The summed E-state index contributed by atoms with van der Waals surface area (Å²) < 4.78 is 10.7. The van der Waals surface area contributed by atoms with Gasteiger partial charge >= 0.3 is 12.0 Å². The molecule has 0 aliphatic rings. The number of rotatable bonds is 9. The zero-order chi connectivity index (χ0) is 13.2. The van der Waals surface area contributed by atoms with Crippen molar-refractivity contribution in [2.75, 3.05) is 13.2 Å². The molecule has 0 aromatic carbocycles. The predicted molar refractivity (Wildman–Crippen MR) is 70.3 cm³/mol. The number of halogens is 1. The Balaban J connectivity index is 2.41. The zero-order valence-corrected chi connectivity index (χ0v) is 11.7. The quantitative estimate of drug-likeness (QED) is 0.646. The first kappa shape index (κ1) is 15.0. The molecule has 0 spiro atoms. The third kappa shape index (κ3) is 6.00. The molecule has 0 unspecified atom stereocenters. The van der Waals surface area contributed by atoms with Gasteiger partial charge in [-0.15, -0.1) is 4.98 Å². The van der Waals surface area contributed by atoms with Gasteiger partial charge in [0.2, 0.25) is 5.28 Å². The van der Waals surface area contributed by atoms with Crippen LogP contribution < -0.4 is 9.47 Å². The Kier molecular flexibility index (Phi) is 7.41. The highest BCUT2D eigenvalue weighted by Gasteiger charge is 2.06. The van der Waals surface area contributed by atoms with E-state index < -0.39 is 0 Å². The third-order valence-electron chi connectivity index (χ3n) is 2.23. The Morgan fingerprint density at radius 2 is 1.50 bits per heavy atom. The van der Waals surface area contributed by atoms with E-state index in [1.807, 2.05) is 6.92 Å². The first-order valence-electron chi connectivity index (χ1n) is 6.43. The molecule has 6 heteroatoms. The topological polar surface area (TPSA) is 57.1 Å². The first-order chi connectivity index (χ1) is 8.76. The number of nitrogens with zero attached hydrogens (tertiary/aromatic N) is 3. The van der Waals surface area contributed by atoms with Crippen LogP contribution in [0.15, 0.2) is 0 Å². The van der Waals surface area contributed by atoms with Crippen molar-refractivity contribution < 1.29 is 9.47 Å². The van der Waals surface area contributed by atoms with E-state index in [1.165, 1.54) is 12.8 Å². The Bertz CT molecular complexity index is 350. The van der Waals surface area contributed by atoms with E-state index in [0.29, 0.717) is 13.2 Å². The van der Waals surface area contributed by atoms with Gasteiger partial charge in [-0.25, -0.2) is 0 Å². The van der Waals surface area contributed by atoms with Crippen LogP contribution in [0, 0.1) is 0 Å². The van der Waals surface area contributed by atoms with Crippen LogP contribution in [0.1, 0.15) is 46.0 Å². The molecule has 0 saturated heterocycles. The average Bonchev–Trinajstić information content (AvgIpc) is 2.35. The van der Waals surface area contributed by atoms with E-state index in [0.717, 1.165) is 19.3 Å². The van der Waals surface area contributed by atoms with Crippen LogP contribution in [0.2, 0.25) is 5.28 Å². The second-order valence-electron chi connectivity index (χ2n) is 3.93. The fourth-order valence-electron chi connectivity index (χ4n) is 1.33. The minimum Gasteiger partial charge on any atom is -0.463 e. The predicted octanol–water partition coefficient (Wildman–Crippen LogP) is 3.27. The number of ether oxygens (including phenoxy) is 2. The van der Waals surface area contributed by atoms with Gasteiger partial charge in [-0.2, -0.15) is 9.97 Å². The van der Waals surface area contributed by atoms with Crippen molar-refractivity contribution >= 4 is 11.6 Å². The van der Waals surface area contributed by atoms with E-state index in [-0.39, 0.29) is 17.3 Å². The van der Waals surface area contributed by atoms with E-state index in [4.69, 9.17) is 21.1 Å².